The van der Waals surface area contributed by atoms with E-state index in [-0.39, 0.29) is 59.2 Å². The molecule has 0 aliphatic carbocycles. The summed E-state index contributed by atoms with van der Waals surface area (Å²) in [6.45, 7) is 1.65. The summed E-state index contributed by atoms with van der Waals surface area (Å²) in [5.74, 6) is -2.74. The number of nitrogens with zero attached hydrogens (tertiary/aromatic N) is 5. The molecule has 6 rings (SSSR count). The van der Waals surface area contributed by atoms with Crippen molar-refractivity contribution in [1.29, 1.82) is 0 Å². The Morgan fingerprint density at radius 3 is 2.70 bits per heavy atom. The van der Waals surface area contributed by atoms with Crippen LogP contribution in [0.2, 0.25) is 0 Å². The molecule has 0 spiro atoms. The largest absolute Gasteiger partial charge is 0.347 e. The van der Waals surface area contributed by atoms with Gasteiger partial charge in [0.05, 0.1) is 28.2 Å². The van der Waals surface area contributed by atoms with Crippen molar-refractivity contribution in [3.63, 3.8) is 0 Å². The molecule has 2 aromatic carbocycles. The maximum absolute atomic E-state index is 15.7. The second kappa shape index (κ2) is 11.8. The number of benzene rings is 2. The van der Waals surface area contributed by atoms with Crippen molar-refractivity contribution in [2.45, 2.75) is 43.8 Å². The third-order valence-corrected chi connectivity index (χ3v) is 9.82. The number of amides is 3. The first-order valence-corrected chi connectivity index (χ1v) is 16.2. The molecule has 0 bridgehead atoms. The van der Waals surface area contributed by atoms with Crippen molar-refractivity contribution in [2.24, 2.45) is 5.14 Å². The van der Waals surface area contributed by atoms with Gasteiger partial charge in [0.15, 0.2) is 10.9 Å². The molecule has 0 radical (unpaired) electrons. The molecule has 4 aromatic rings. The van der Waals surface area contributed by atoms with E-state index in [0.29, 0.717) is 21.4 Å². The molecular weight excluding hydrogens is 643 g/mol. The second-order valence-corrected chi connectivity index (χ2v) is 13.4. The smallest absolute Gasteiger partial charge is 0.255 e. The Kier molecular flexibility index (Phi) is 7.99. The van der Waals surface area contributed by atoms with Gasteiger partial charge in [-0.3, -0.25) is 19.7 Å². The van der Waals surface area contributed by atoms with Gasteiger partial charge in [-0.1, -0.05) is 23.5 Å². The summed E-state index contributed by atoms with van der Waals surface area (Å²) in [7, 11) is -2.25. The molecule has 4 heterocycles. The fraction of sp³-hybridized carbons (Fsp3) is 0.241. The topological polar surface area (TPSA) is 181 Å². The van der Waals surface area contributed by atoms with Gasteiger partial charge in [0.1, 0.15) is 17.6 Å². The molecule has 2 aliphatic rings. The number of nitrogens with two attached hydrogens (primary N) is 1. The number of piperidine rings is 1. The summed E-state index contributed by atoms with van der Waals surface area (Å²) in [6.07, 6.45) is 1.25. The number of halogens is 2. The average molecular weight is 669 g/mol. The first kappa shape index (κ1) is 31.1. The van der Waals surface area contributed by atoms with E-state index in [1.807, 2.05) is 0 Å². The quantitative estimate of drug-likeness (QED) is 0.236. The van der Waals surface area contributed by atoms with Crippen LogP contribution < -0.4 is 20.7 Å². The van der Waals surface area contributed by atoms with Crippen LogP contribution in [-0.2, 0) is 32.7 Å². The standard InChI is InChI=1S/C29H26F2N8O5S2/c1-14-25(24-20(30)11-33-28(37-24)35-16-4-3-5-17(10-16)46(32,43)44)45-29(34-14)38(2)12-15-6-7-18-19(23(15)31)13-39(27(18)42)21-8-9-22(40)36-26(21)41/h3-7,10-11,21H,8-9,12-13H2,1-2H3,(H2,32,43,44)(H,33,35,37)(H,36,40,41). The SMILES string of the molecule is Cc1nc(N(C)Cc2ccc3c(c2F)CN(C2CCC(=O)NC2=O)C3=O)sc1-c1nc(Nc2cccc(S(N)(=O)=O)c2)ncc1F. The van der Waals surface area contributed by atoms with Crippen LogP contribution in [0.25, 0.3) is 10.6 Å². The third-order valence-electron chi connectivity index (χ3n) is 7.63. The average Bonchev–Trinajstić information content (AvgIpc) is 3.55. The third kappa shape index (κ3) is 5.91. The summed E-state index contributed by atoms with van der Waals surface area (Å²) in [5, 5.41) is 10.7. The Hall–Kier alpha value is -4.87. The van der Waals surface area contributed by atoms with E-state index in [4.69, 9.17) is 5.14 Å². The van der Waals surface area contributed by atoms with Gasteiger partial charge in [0.25, 0.3) is 5.91 Å². The highest BCUT2D eigenvalue weighted by atomic mass is 32.2. The molecule has 1 unspecified atom stereocenters. The van der Waals surface area contributed by atoms with E-state index in [0.717, 1.165) is 17.5 Å². The Morgan fingerprint density at radius 1 is 1.17 bits per heavy atom. The van der Waals surface area contributed by atoms with Crippen molar-refractivity contribution in [1.82, 2.24) is 25.2 Å². The van der Waals surface area contributed by atoms with Crippen molar-refractivity contribution < 1.29 is 31.6 Å². The lowest BCUT2D eigenvalue weighted by molar-refractivity contribution is -0.136. The number of aryl methyl sites for hydroxylation is 1. The molecule has 2 aliphatic heterocycles. The fourth-order valence-corrected chi connectivity index (χ4v) is 6.91. The number of nitrogens with one attached hydrogen (secondary N) is 2. The predicted octanol–water partition coefficient (Wildman–Crippen LogP) is 2.98. The van der Waals surface area contributed by atoms with Crippen LogP contribution in [0.4, 0.5) is 25.5 Å². The minimum absolute atomic E-state index is 0.00628. The summed E-state index contributed by atoms with van der Waals surface area (Å²) in [6, 6.07) is 7.87. The van der Waals surface area contributed by atoms with Gasteiger partial charge < -0.3 is 15.1 Å². The number of sulfonamides is 1. The van der Waals surface area contributed by atoms with Gasteiger partial charge in [-0.15, -0.1) is 0 Å². The van der Waals surface area contributed by atoms with Gasteiger partial charge in [-0.05, 0) is 37.6 Å². The molecule has 46 heavy (non-hydrogen) atoms. The number of thiazole rings is 1. The molecule has 1 atom stereocenters. The Labute approximate surface area is 265 Å². The van der Waals surface area contributed by atoms with Crippen LogP contribution in [0.15, 0.2) is 47.5 Å². The first-order valence-electron chi connectivity index (χ1n) is 13.9. The molecular formula is C29H26F2N8O5S2. The number of primary sulfonamides is 1. The van der Waals surface area contributed by atoms with Gasteiger partial charge in [-0.25, -0.2) is 37.3 Å². The zero-order chi connectivity index (χ0) is 32.9. The maximum atomic E-state index is 15.7. The number of hydrogen-bond acceptors (Lipinski definition) is 11. The normalized spacial score (nSPS) is 16.4. The van der Waals surface area contributed by atoms with Crippen LogP contribution >= 0.6 is 11.3 Å². The van der Waals surface area contributed by atoms with Crippen molar-refractivity contribution >= 4 is 55.8 Å². The molecule has 0 saturated carbocycles. The van der Waals surface area contributed by atoms with Gasteiger partial charge in [0, 0.05) is 42.4 Å². The number of carbonyl (C=O) groups excluding carboxylic acids is 3. The Balaban J connectivity index is 1.21. The lowest BCUT2D eigenvalue weighted by Crippen LogP contribution is -2.52. The highest BCUT2D eigenvalue weighted by Crippen LogP contribution is 2.36. The highest BCUT2D eigenvalue weighted by Gasteiger charge is 2.40. The number of carbonyl (C=O) groups is 3. The molecule has 1 saturated heterocycles. The molecule has 13 nitrogen and oxygen atoms in total. The zero-order valence-electron chi connectivity index (χ0n) is 24.4. The van der Waals surface area contributed by atoms with Crippen LogP contribution in [0.1, 0.15) is 40.0 Å². The summed E-state index contributed by atoms with van der Waals surface area (Å²) in [5.41, 5.74) is 1.38. The maximum Gasteiger partial charge on any atom is 0.255 e. The molecule has 4 N–H and O–H groups in total. The predicted molar refractivity (Wildman–Crippen MR) is 163 cm³/mol. The fourth-order valence-electron chi connectivity index (χ4n) is 5.33. The number of hydrogen-bond donors (Lipinski definition) is 3. The summed E-state index contributed by atoms with van der Waals surface area (Å²) in [4.78, 5) is 52.9. The first-order chi connectivity index (χ1) is 21.8. The van der Waals surface area contributed by atoms with Gasteiger partial charge >= 0.3 is 0 Å². The van der Waals surface area contributed by atoms with E-state index in [1.54, 1.807) is 24.9 Å². The monoisotopic (exact) mass is 668 g/mol. The van der Waals surface area contributed by atoms with E-state index < -0.39 is 45.4 Å². The van der Waals surface area contributed by atoms with E-state index >= 15 is 4.39 Å². The van der Waals surface area contributed by atoms with E-state index in [1.165, 1.54) is 35.2 Å². The lowest BCUT2D eigenvalue weighted by Gasteiger charge is -2.29. The van der Waals surface area contributed by atoms with Crippen molar-refractivity contribution in [2.75, 3.05) is 17.3 Å². The number of anilines is 3. The summed E-state index contributed by atoms with van der Waals surface area (Å²) >= 11 is 1.13. The second-order valence-electron chi connectivity index (χ2n) is 10.8. The Bertz CT molecular complexity index is 2040. The van der Waals surface area contributed by atoms with Gasteiger partial charge in [0.2, 0.25) is 27.8 Å². The van der Waals surface area contributed by atoms with E-state index in [9.17, 15) is 27.2 Å². The number of fused-ring (bicyclic) bond motifs is 1. The number of imide groups is 1. The number of rotatable bonds is 8. The molecule has 1 fully saturated rings. The Morgan fingerprint density at radius 2 is 1.96 bits per heavy atom. The van der Waals surface area contributed by atoms with Crippen molar-refractivity contribution in [3.8, 4) is 10.6 Å². The minimum Gasteiger partial charge on any atom is -0.347 e. The van der Waals surface area contributed by atoms with Crippen LogP contribution in [0.3, 0.4) is 0 Å². The number of aromatic nitrogens is 3. The van der Waals surface area contributed by atoms with Crippen LogP contribution in [-0.4, -0.2) is 59.1 Å². The van der Waals surface area contributed by atoms with Gasteiger partial charge in [-0.2, -0.15) is 0 Å². The van der Waals surface area contributed by atoms with Crippen molar-refractivity contribution in [3.05, 3.63) is 76.6 Å². The van der Waals surface area contributed by atoms with Crippen LogP contribution in [0.5, 0.6) is 0 Å². The zero-order valence-corrected chi connectivity index (χ0v) is 26.0. The summed E-state index contributed by atoms with van der Waals surface area (Å²) < 4.78 is 54.1. The molecule has 17 heteroatoms. The molecule has 238 valence electrons. The highest BCUT2D eigenvalue weighted by molar-refractivity contribution is 7.89. The molecule has 2 aromatic heterocycles. The minimum atomic E-state index is -3.95. The van der Waals surface area contributed by atoms with E-state index in [2.05, 4.69) is 25.6 Å². The lowest BCUT2D eigenvalue weighted by atomic mass is 10.0. The van der Waals surface area contributed by atoms with Crippen LogP contribution in [0, 0.1) is 18.6 Å². The molecule has 3 amide bonds.